The van der Waals surface area contributed by atoms with E-state index in [4.69, 9.17) is 4.74 Å². The summed E-state index contributed by atoms with van der Waals surface area (Å²) in [5.74, 6) is 1.56. The van der Waals surface area contributed by atoms with Crippen LogP contribution in [0.15, 0.2) is 0 Å². The third-order valence-corrected chi connectivity index (χ3v) is 4.51. The molecule has 2 aliphatic heterocycles. The van der Waals surface area contributed by atoms with Gasteiger partial charge in [0.25, 0.3) is 0 Å². The first-order valence-corrected chi connectivity index (χ1v) is 8.99. The van der Waals surface area contributed by atoms with Gasteiger partial charge in [-0.2, -0.15) is 0 Å². The Morgan fingerprint density at radius 3 is 2.96 bits per heavy atom. The molecule has 1 aromatic heterocycles. The van der Waals surface area contributed by atoms with Crippen molar-refractivity contribution >= 4 is 11.7 Å². The SMILES string of the molecule is CCOCc1nc2c(c(N[C@H]3CCCCNC3=O)n1)CCNCC2. The van der Waals surface area contributed by atoms with Crippen molar-refractivity contribution in [2.75, 3.05) is 31.6 Å². The van der Waals surface area contributed by atoms with Gasteiger partial charge in [-0.15, -0.1) is 0 Å². The van der Waals surface area contributed by atoms with E-state index < -0.39 is 0 Å². The Hall–Kier alpha value is -1.73. The molecule has 0 aliphatic carbocycles. The molecule has 3 N–H and O–H groups in total. The molecule has 132 valence electrons. The van der Waals surface area contributed by atoms with E-state index >= 15 is 0 Å². The highest BCUT2D eigenvalue weighted by atomic mass is 16.5. The van der Waals surface area contributed by atoms with Crippen LogP contribution in [-0.4, -0.2) is 48.2 Å². The number of nitrogens with one attached hydrogen (secondary N) is 3. The molecule has 0 aromatic carbocycles. The van der Waals surface area contributed by atoms with E-state index in [1.807, 2.05) is 6.92 Å². The van der Waals surface area contributed by atoms with Crippen LogP contribution < -0.4 is 16.0 Å². The first kappa shape index (κ1) is 17.1. The Kier molecular flexibility index (Phi) is 5.98. The summed E-state index contributed by atoms with van der Waals surface area (Å²) in [6.07, 6.45) is 4.66. The van der Waals surface area contributed by atoms with Crippen LogP contribution in [0.3, 0.4) is 0 Å². The zero-order valence-corrected chi connectivity index (χ0v) is 14.4. The first-order chi connectivity index (χ1) is 11.8. The van der Waals surface area contributed by atoms with Crippen molar-refractivity contribution in [3.05, 3.63) is 17.1 Å². The van der Waals surface area contributed by atoms with E-state index in [2.05, 4.69) is 25.9 Å². The van der Waals surface area contributed by atoms with E-state index in [1.165, 1.54) is 0 Å². The molecule has 1 fully saturated rings. The van der Waals surface area contributed by atoms with E-state index in [9.17, 15) is 4.79 Å². The van der Waals surface area contributed by atoms with Crippen LogP contribution in [0.4, 0.5) is 5.82 Å². The predicted molar refractivity (Wildman–Crippen MR) is 91.9 cm³/mol. The molecule has 0 bridgehead atoms. The highest BCUT2D eigenvalue weighted by molar-refractivity contribution is 5.84. The highest BCUT2D eigenvalue weighted by Crippen LogP contribution is 2.22. The molecule has 0 radical (unpaired) electrons. The first-order valence-electron chi connectivity index (χ1n) is 8.99. The molecule has 7 nitrogen and oxygen atoms in total. The van der Waals surface area contributed by atoms with Crippen molar-refractivity contribution in [1.29, 1.82) is 0 Å². The van der Waals surface area contributed by atoms with Crippen LogP contribution in [0.5, 0.6) is 0 Å². The molecule has 0 unspecified atom stereocenters. The molecule has 2 aliphatic rings. The Bertz CT molecular complexity index is 578. The smallest absolute Gasteiger partial charge is 0.242 e. The predicted octanol–water partition coefficient (Wildman–Crippen LogP) is 0.782. The van der Waals surface area contributed by atoms with Gasteiger partial charge in [0.1, 0.15) is 18.5 Å². The Morgan fingerprint density at radius 1 is 1.21 bits per heavy atom. The molecule has 3 rings (SSSR count). The van der Waals surface area contributed by atoms with Gasteiger partial charge in [-0.05, 0) is 39.2 Å². The molecule has 3 heterocycles. The van der Waals surface area contributed by atoms with Gasteiger partial charge in [-0.25, -0.2) is 9.97 Å². The lowest BCUT2D eigenvalue weighted by Crippen LogP contribution is -2.38. The molecule has 0 spiro atoms. The van der Waals surface area contributed by atoms with Gasteiger partial charge in [-0.3, -0.25) is 4.79 Å². The minimum Gasteiger partial charge on any atom is -0.374 e. The molecule has 0 saturated carbocycles. The minimum absolute atomic E-state index is 0.0676. The van der Waals surface area contributed by atoms with Crippen molar-refractivity contribution in [3.8, 4) is 0 Å². The summed E-state index contributed by atoms with van der Waals surface area (Å²) in [6.45, 7) is 5.59. The second-order valence-electron chi connectivity index (χ2n) is 6.28. The number of ether oxygens (including phenoxy) is 1. The number of anilines is 1. The second kappa shape index (κ2) is 8.39. The number of aromatic nitrogens is 2. The number of fused-ring (bicyclic) bond motifs is 1. The average molecular weight is 333 g/mol. The molecule has 1 aromatic rings. The van der Waals surface area contributed by atoms with Crippen LogP contribution in [0.25, 0.3) is 0 Å². The number of carbonyl (C=O) groups excluding carboxylic acids is 1. The van der Waals surface area contributed by atoms with Gasteiger partial charge < -0.3 is 20.7 Å². The monoisotopic (exact) mass is 333 g/mol. The fraction of sp³-hybridized carbons (Fsp3) is 0.706. The van der Waals surface area contributed by atoms with Crippen molar-refractivity contribution in [1.82, 2.24) is 20.6 Å². The molecule has 1 saturated heterocycles. The van der Waals surface area contributed by atoms with Crippen molar-refractivity contribution in [2.45, 2.75) is 51.7 Å². The summed E-state index contributed by atoms with van der Waals surface area (Å²) in [5.41, 5.74) is 2.21. The second-order valence-corrected chi connectivity index (χ2v) is 6.28. The molecular weight excluding hydrogens is 306 g/mol. The summed E-state index contributed by atoms with van der Waals surface area (Å²) in [6, 6.07) is -0.220. The molecule has 1 amide bonds. The molecule has 1 atom stereocenters. The Labute approximate surface area is 143 Å². The van der Waals surface area contributed by atoms with Gasteiger partial charge in [0, 0.05) is 31.7 Å². The maximum absolute atomic E-state index is 12.3. The highest BCUT2D eigenvalue weighted by Gasteiger charge is 2.24. The topological polar surface area (TPSA) is 88.2 Å². The maximum Gasteiger partial charge on any atom is 0.242 e. The number of rotatable bonds is 5. The molecule has 7 heteroatoms. The minimum atomic E-state index is -0.220. The number of amides is 1. The lowest BCUT2D eigenvalue weighted by atomic mass is 10.1. The van der Waals surface area contributed by atoms with Crippen molar-refractivity contribution in [3.63, 3.8) is 0 Å². The van der Waals surface area contributed by atoms with E-state index in [-0.39, 0.29) is 11.9 Å². The summed E-state index contributed by atoms with van der Waals surface area (Å²) in [4.78, 5) is 21.6. The van der Waals surface area contributed by atoms with Gasteiger partial charge in [0.15, 0.2) is 5.82 Å². The third-order valence-electron chi connectivity index (χ3n) is 4.51. The summed E-state index contributed by atoms with van der Waals surface area (Å²) >= 11 is 0. The van der Waals surface area contributed by atoms with E-state index in [0.29, 0.717) is 19.0 Å². The molecular formula is C17H27N5O2. The number of hydrogen-bond donors (Lipinski definition) is 3. The largest absolute Gasteiger partial charge is 0.374 e. The van der Waals surface area contributed by atoms with Crippen LogP contribution in [0, 0.1) is 0 Å². The zero-order valence-electron chi connectivity index (χ0n) is 14.4. The lowest BCUT2D eigenvalue weighted by molar-refractivity contribution is -0.121. The van der Waals surface area contributed by atoms with Gasteiger partial charge in [-0.1, -0.05) is 0 Å². The van der Waals surface area contributed by atoms with Crippen molar-refractivity contribution in [2.24, 2.45) is 0 Å². The van der Waals surface area contributed by atoms with E-state index in [1.54, 1.807) is 0 Å². The fourth-order valence-electron chi connectivity index (χ4n) is 3.22. The van der Waals surface area contributed by atoms with Crippen LogP contribution in [-0.2, 0) is 29.0 Å². The normalized spacial score (nSPS) is 21.4. The summed E-state index contributed by atoms with van der Waals surface area (Å²) in [7, 11) is 0. The Balaban J connectivity index is 1.87. The number of hydrogen-bond acceptors (Lipinski definition) is 6. The van der Waals surface area contributed by atoms with E-state index in [0.717, 1.165) is 68.8 Å². The van der Waals surface area contributed by atoms with Gasteiger partial charge in [0.2, 0.25) is 5.91 Å². The van der Waals surface area contributed by atoms with Crippen LogP contribution in [0.1, 0.15) is 43.3 Å². The average Bonchev–Trinajstić information content (AvgIpc) is 2.94. The number of carbonyl (C=O) groups is 1. The zero-order chi connectivity index (χ0) is 16.8. The Morgan fingerprint density at radius 2 is 2.08 bits per heavy atom. The van der Waals surface area contributed by atoms with Gasteiger partial charge in [0.05, 0.1) is 5.69 Å². The standard InChI is InChI=1S/C17H27N5O2/c1-2-24-11-15-20-13-7-10-18-9-6-12(13)16(22-15)21-14-5-3-4-8-19-17(14)23/h14,18H,2-11H2,1H3,(H,19,23)(H,20,21,22)/t14-/m0/s1. The van der Waals surface area contributed by atoms with Crippen LogP contribution in [0.2, 0.25) is 0 Å². The van der Waals surface area contributed by atoms with Crippen LogP contribution >= 0.6 is 0 Å². The maximum atomic E-state index is 12.3. The van der Waals surface area contributed by atoms with Crippen molar-refractivity contribution < 1.29 is 9.53 Å². The fourth-order valence-corrected chi connectivity index (χ4v) is 3.22. The quantitative estimate of drug-likeness (QED) is 0.738. The lowest BCUT2D eigenvalue weighted by Gasteiger charge is -2.20. The molecule has 24 heavy (non-hydrogen) atoms. The third kappa shape index (κ3) is 4.21. The summed E-state index contributed by atoms with van der Waals surface area (Å²) < 4.78 is 5.48. The number of nitrogens with zero attached hydrogens (tertiary/aromatic N) is 2. The van der Waals surface area contributed by atoms with Gasteiger partial charge >= 0.3 is 0 Å². The summed E-state index contributed by atoms with van der Waals surface area (Å²) in [5, 5.41) is 9.77.